The fourth-order valence-electron chi connectivity index (χ4n) is 2.79. The van der Waals surface area contributed by atoms with E-state index in [2.05, 4.69) is 58.2 Å². The molecule has 1 aromatic carbocycles. The number of aryl methyl sites for hydroxylation is 1. The van der Waals surface area contributed by atoms with E-state index in [4.69, 9.17) is 4.42 Å². The maximum absolute atomic E-state index is 12.3. The molecular weight excluding hydrogens is 394 g/mol. The topological polar surface area (TPSA) is 48.7 Å². The number of hydrogen-bond donors (Lipinski definition) is 1. The SMILES string of the molecule is Cc1cccc(N2CCN(C(=O)Nc3ccc(Br)o3)CC2)c1C.Cl. The van der Waals surface area contributed by atoms with Gasteiger partial charge in [0.15, 0.2) is 4.67 Å². The second kappa shape index (κ2) is 7.94. The summed E-state index contributed by atoms with van der Waals surface area (Å²) >= 11 is 3.23. The molecule has 0 bridgehead atoms. The third-order valence-electron chi connectivity index (χ3n) is 4.29. The first kappa shape index (κ1) is 18.7. The Labute approximate surface area is 156 Å². The smallest absolute Gasteiger partial charge is 0.324 e. The van der Waals surface area contributed by atoms with E-state index in [1.807, 2.05) is 4.90 Å². The van der Waals surface area contributed by atoms with Crippen molar-refractivity contribution in [3.8, 4) is 0 Å². The molecule has 1 aliphatic rings. The lowest BCUT2D eigenvalue weighted by atomic mass is 10.1. The molecule has 1 N–H and O–H groups in total. The van der Waals surface area contributed by atoms with Gasteiger partial charge in [-0.05, 0) is 53.0 Å². The molecule has 2 aromatic rings. The number of anilines is 2. The largest absolute Gasteiger partial charge is 0.434 e. The molecule has 24 heavy (non-hydrogen) atoms. The van der Waals surface area contributed by atoms with Crippen molar-refractivity contribution in [1.29, 1.82) is 0 Å². The summed E-state index contributed by atoms with van der Waals surface area (Å²) in [6.45, 7) is 7.34. The van der Waals surface area contributed by atoms with Gasteiger partial charge in [-0.25, -0.2) is 4.79 Å². The van der Waals surface area contributed by atoms with Crippen LogP contribution in [0.1, 0.15) is 11.1 Å². The van der Waals surface area contributed by atoms with Crippen molar-refractivity contribution in [3.05, 3.63) is 46.1 Å². The number of nitrogens with one attached hydrogen (secondary N) is 1. The van der Waals surface area contributed by atoms with E-state index in [1.54, 1.807) is 12.1 Å². The minimum atomic E-state index is -0.118. The molecule has 5 nitrogen and oxygen atoms in total. The van der Waals surface area contributed by atoms with Gasteiger partial charge < -0.3 is 14.2 Å². The van der Waals surface area contributed by atoms with Gasteiger partial charge in [0.1, 0.15) is 0 Å². The molecule has 1 aromatic heterocycles. The highest BCUT2D eigenvalue weighted by molar-refractivity contribution is 9.10. The molecule has 1 saturated heterocycles. The van der Waals surface area contributed by atoms with Crippen LogP contribution in [-0.4, -0.2) is 37.1 Å². The van der Waals surface area contributed by atoms with Gasteiger partial charge in [0, 0.05) is 37.9 Å². The van der Waals surface area contributed by atoms with Gasteiger partial charge in [0.05, 0.1) is 0 Å². The van der Waals surface area contributed by atoms with Crippen molar-refractivity contribution in [1.82, 2.24) is 4.90 Å². The van der Waals surface area contributed by atoms with Crippen LogP contribution >= 0.6 is 28.3 Å². The number of carbonyl (C=O) groups is 1. The van der Waals surface area contributed by atoms with Crippen LogP contribution in [0.2, 0.25) is 0 Å². The van der Waals surface area contributed by atoms with Gasteiger partial charge >= 0.3 is 6.03 Å². The fourth-order valence-corrected chi connectivity index (χ4v) is 3.10. The molecule has 0 atom stereocenters. The lowest BCUT2D eigenvalue weighted by Gasteiger charge is -2.36. The van der Waals surface area contributed by atoms with Crippen molar-refractivity contribution in [3.63, 3.8) is 0 Å². The summed E-state index contributed by atoms with van der Waals surface area (Å²) in [5, 5.41) is 2.78. The molecule has 0 spiro atoms. The molecule has 3 rings (SSSR count). The average Bonchev–Trinajstić information content (AvgIpc) is 2.95. The Balaban J connectivity index is 0.00000208. The van der Waals surface area contributed by atoms with Gasteiger partial charge in [-0.3, -0.25) is 5.32 Å². The molecule has 0 saturated carbocycles. The fraction of sp³-hybridized carbons (Fsp3) is 0.353. The summed E-state index contributed by atoms with van der Waals surface area (Å²) in [5.41, 5.74) is 3.87. The zero-order chi connectivity index (χ0) is 16.4. The molecule has 130 valence electrons. The van der Waals surface area contributed by atoms with Crippen molar-refractivity contribution in [2.75, 3.05) is 36.4 Å². The molecule has 7 heteroatoms. The zero-order valence-electron chi connectivity index (χ0n) is 13.7. The summed E-state index contributed by atoms with van der Waals surface area (Å²) in [5.74, 6) is 0.457. The first-order valence-electron chi connectivity index (χ1n) is 7.67. The Hall–Kier alpha value is -1.66. The van der Waals surface area contributed by atoms with Crippen LogP contribution in [0.3, 0.4) is 0 Å². The zero-order valence-corrected chi connectivity index (χ0v) is 16.1. The number of rotatable bonds is 2. The van der Waals surface area contributed by atoms with E-state index < -0.39 is 0 Å². The molecule has 2 amide bonds. The summed E-state index contributed by atoms with van der Waals surface area (Å²) in [7, 11) is 0. The Morgan fingerprint density at radius 2 is 1.83 bits per heavy atom. The van der Waals surface area contributed by atoms with E-state index in [9.17, 15) is 4.79 Å². The number of piperazine rings is 1. The number of amides is 2. The highest BCUT2D eigenvalue weighted by Gasteiger charge is 2.22. The predicted molar refractivity (Wildman–Crippen MR) is 102 cm³/mol. The second-order valence-electron chi connectivity index (χ2n) is 5.73. The van der Waals surface area contributed by atoms with Gasteiger partial charge in [0.2, 0.25) is 5.88 Å². The summed E-state index contributed by atoms with van der Waals surface area (Å²) in [6, 6.07) is 9.74. The Morgan fingerprint density at radius 3 is 2.46 bits per heavy atom. The van der Waals surface area contributed by atoms with E-state index in [0.29, 0.717) is 23.6 Å². The van der Waals surface area contributed by atoms with Crippen molar-refractivity contribution in [2.45, 2.75) is 13.8 Å². The van der Waals surface area contributed by atoms with Crippen LogP contribution in [0, 0.1) is 13.8 Å². The van der Waals surface area contributed by atoms with Crippen LogP contribution in [-0.2, 0) is 0 Å². The van der Waals surface area contributed by atoms with E-state index in [-0.39, 0.29) is 18.4 Å². The number of urea groups is 1. The van der Waals surface area contributed by atoms with Crippen LogP contribution in [0.4, 0.5) is 16.4 Å². The minimum absolute atomic E-state index is 0. The highest BCUT2D eigenvalue weighted by Crippen LogP contribution is 2.24. The van der Waals surface area contributed by atoms with Gasteiger partial charge in [-0.2, -0.15) is 0 Å². The maximum atomic E-state index is 12.3. The number of benzene rings is 1. The third-order valence-corrected chi connectivity index (χ3v) is 4.71. The van der Waals surface area contributed by atoms with E-state index >= 15 is 0 Å². The van der Waals surface area contributed by atoms with Crippen LogP contribution in [0.5, 0.6) is 0 Å². The molecule has 0 unspecified atom stereocenters. The number of furan rings is 1. The molecular formula is C17H21BrClN3O2. The first-order chi connectivity index (χ1) is 11.0. The summed E-state index contributed by atoms with van der Waals surface area (Å²) in [6.07, 6.45) is 0. The van der Waals surface area contributed by atoms with E-state index in [0.717, 1.165) is 13.1 Å². The van der Waals surface area contributed by atoms with Crippen LogP contribution < -0.4 is 10.2 Å². The van der Waals surface area contributed by atoms with E-state index in [1.165, 1.54) is 16.8 Å². The molecule has 2 heterocycles. The van der Waals surface area contributed by atoms with Crippen molar-refractivity contribution >= 4 is 45.9 Å². The number of halogens is 2. The minimum Gasteiger partial charge on any atom is -0.434 e. The second-order valence-corrected chi connectivity index (χ2v) is 6.51. The van der Waals surface area contributed by atoms with Crippen molar-refractivity contribution < 1.29 is 9.21 Å². The number of nitrogens with zero attached hydrogens (tertiary/aromatic N) is 2. The maximum Gasteiger partial charge on any atom is 0.324 e. The Kier molecular flexibility index (Phi) is 6.18. The Bertz CT molecular complexity index is 712. The molecule has 0 aliphatic carbocycles. The molecule has 0 radical (unpaired) electrons. The lowest BCUT2D eigenvalue weighted by Crippen LogP contribution is -2.50. The van der Waals surface area contributed by atoms with Crippen LogP contribution in [0.25, 0.3) is 0 Å². The standard InChI is InChI=1S/C17H20BrN3O2.ClH/c1-12-4-3-5-14(13(12)2)20-8-10-21(11-9-20)17(22)19-16-7-6-15(18)23-16;/h3-7H,8-11H2,1-2H3,(H,19,22);1H. The van der Waals surface area contributed by atoms with Crippen molar-refractivity contribution in [2.24, 2.45) is 0 Å². The third kappa shape index (κ3) is 4.05. The van der Waals surface area contributed by atoms with Gasteiger partial charge in [-0.1, -0.05) is 12.1 Å². The number of carbonyl (C=O) groups excluding carboxylic acids is 1. The van der Waals surface area contributed by atoms with Gasteiger partial charge in [-0.15, -0.1) is 12.4 Å². The highest BCUT2D eigenvalue weighted by atomic mass is 79.9. The number of hydrogen-bond acceptors (Lipinski definition) is 3. The first-order valence-corrected chi connectivity index (χ1v) is 8.46. The lowest BCUT2D eigenvalue weighted by molar-refractivity contribution is 0.207. The Morgan fingerprint density at radius 1 is 1.12 bits per heavy atom. The quantitative estimate of drug-likeness (QED) is 0.790. The monoisotopic (exact) mass is 413 g/mol. The predicted octanol–water partition coefficient (Wildman–Crippen LogP) is 4.43. The summed E-state index contributed by atoms with van der Waals surface area (Å²) < 4.78 is 5.92. The normalized spacial score (nSPS) is 14.3. The average molecular weight is 415 g/mol. The van der Waals surface area contributed by atoms with Crippen LogP contribution in [0.15, 0.2) is 39.4 Å². The molecule has 1 aliphatic heterocycles. The summed E-state index contributed by atoms with van der Waals surface area (Å²) in [4.78, 5) is 16.4. The van der Waals surface area contributed by atoms with Gasteiger partial charge in [0.25, 0.3) is 0 Å². The molecule has 1 fully saturated rings.